The second-order valence-electron chi connectivity index (χ2n) is 13.5. The van der Waals surface area contributed by atoms with Gasteiger partial charge in [-0.1, -0.05) is 13.8 Å². The molecule has 1 fully saturated rings. The number of hydrogen-bond acceptors (Lipinski definition) is 8. The summed E-state index contributed by atoms with van der Waals surface area (Å²) >= 11 is 0. The minimum Gasteiger partial charge on any atom is -0.392 e. The number of amides is 2. The Labute approximate surface area is 272 Å². The van der Waals surface area contributed by atoms with Gasteiger partial charge in [0, 0.05) is 62.1 Å². The lowest BCUT2D eigenvalue weighted by molar-refractivity contribution is 0.00357. The highest BCUT2D eigenvalue weighted by molar-refractivity contribution is 6.06. The molecule has 47 heavy (non-hydrogen) atoms. The maximum atomic E-state index is 13.8. The Morgan fingerprint density at radius 3 is 2.68 bits per heavy atom. The molecular formula is C35H39N7O5. The molecule has 2 aliphatic heterocycles. The highest BCUT2D eigenvalue weighted by atomic mass is 16.5. The van der Waals surface area contributed by atoms with Gasteiger partial charge in [0.05, 0.1) is 31.4 Å². The van der Waals surface area contributed by atoms with Crippen molar-refractivity contribution in [3.8, 4) is 11.1 Å². The lowest BCUT2D eigenvalue weighted by Crippen LogP contribution is -2.47. The number of aryl methyl sites for hydroxylation is 1. The Kier molecular flexibility index (Phi) is 7.72. The Morgan fingerprint density at radius 1 is 1.11 bits per heavy atom. The maximum absolute atomic E-state index is 13.8. The second kappa shape index (κ2) is 11.8. The minimum atomic E-state index is -0.349. The molecule has 0 unspecified atom stereocenters. The van der Waals surface area contributed by atoms with Crippen molar-refractivity contribution in [2.24, 2.45) is 12.5 Å². The van der Waals surface area contributed by atoms with Crippen molar-refractivity contribution in [1.82, 2.24) is 24.0 Å². The number of nitrogens with one attached hydrogen (secondary N) is 1. The van der Waals surface area contributed by atoms with Crippen LogP contribution in [0.1, 0.15) is 58.4 Å². The Hall–Kier alpha value is -4.81. The van der Waals surface area contributed by atoms with Gasteiger partial charge in [0.25, 0.3) is 17.4 Å². The van der Waals surface area contributed by atoms with Crippen LogP contribution in [0, 0.1) is 5.41 Å². The van der Waals surface area contributed by atoms with Crippen LogP contribution in [0.3, 0.4) is 0 Å². The number of aromatic nitrogens is 4. The highest BCUT2D eigenvalue weighted by Gasteiger charge is 2.37. The smallest absolute Gasteiger partial charge is 0.276 e. The van der Waals surface area contributed by atoms with Gasteiger partial charge in [0.1, 0.15) is 23.0 Å². The summed E-state index contributed by atoms with van der Waals surface area (Å²) in [6.45, 7) is 8.72. The van der Waals surface area contributed by atoms with Gasteiger partial charge >= 0.3 is 0 Å². The Bertz CT molecular complexity index is 1940. The molecule has 0 saturated carbocycles. The third-order valence-corrected chi connectivity index (χ3v) is 9.47. The van der Waals surface area contributed by atoms with Crippen LogP contribution < -0.4 is 15.8 Å². The van der Waals surface area contributed by atoms with Crippen LogP contribution in [0.15, 0.2) is 53.7 Å². The molecule has 0 bridgehead atoms. The predicted octanol–water partition coefficient (Wildman–Crippen LogP) is 3.53. The first-order chi connectivity index (χ1) is 22.5. The number of morpholine rings is 1. The molecule has 0 aromatic carbocycles. The van der Waals surface area contributed by atoms with Crippen molar-refractivity contribution in [2.45, 2.75) is 52.8 Å². The highest BCUT2D eigenvalue weighted by Crippen LogP contribution is 2.40. The molecule has 2 N–H and O–H groups in total. The average molecular weight is 638 g/mol. The lowest BCUT2D eigenvalue weighted by atomic mass is 9.90. The Morgan fingerprint density at radius 2 is 1.94 bits per heavy atom. The van der Waals surface area contributed by atoms with Crippen LogP contribution in [-0.2, 0) is 37.8 Å². The fraction of sp³-hybridized carbons (Fsp3) is 0.400. The summed E-state index contributed by atoms with van der Waals surface area (Å²) in [5, 5.41) is 13.7. The molecule has 0 spiro atoms. The van der Waals surface area contributed by atoms with E-state index in [2.05, 4.69) is 33.7 Å². The van der Waals surface area contributed by atoms with E-state index in [1.807, 2.05) is 13.0 Å². The number of nitrogens with zero attached hydrogens (tertiary/aromatic N) is 6. The predicted molar refractivity (Wildman–Crippen MR) is 177 cm³/mol. The number of anilines is 3. The van der Waals surface area contributed by atoms with Gasteiger partial charge in [-0.3, -0.25) is 19.3 Å². The van der Waals surface area contributed by atoms with E-state index in [1.165, 1.54) is 22.0 Å². The third-order valence-electron chi connectivity index (χ3n) is 9.47. The van der Waals surface area contributed by atoms with Crippen molar-refractivity contribution >= 4 is 29.1 Å². The summed E-state index contributed by atoms with van der Waals surface area (Å²) in [6.07, 6.45) is 6.71. The summed E-state index contributed by atoms with van der Waals surface area (Å²) in [4.78, 5) is 52.4. The van der Waals surface area contributed by atoms with E-state index >= 15 is 0 Å². The molecular weight excluding hydrogens is 598 g/mol. The molecule has 12 nitrogen and oxygen atoms in total. The number of carbonyl (C=O) groups excluding carboxylic acids is 2. The molecule has 12 heteroatoms. The van der Waals surface area contributed by atoms with Crippen molar-refractivity contribution in [3.63, 3.8) is 0 Å². The van der Waals surface area contributed by atoms with Crippen LogP contribution in [0.25, 0.3) is 11.1 Å². The van der Waals surface area contributed by atoms with Crippen molar-refractivity contribution in [2.75, 3.05) is 36.5 Å². The van der Waals surface area contributed by atoms with Crippen molar-refractivity contribution in [1.29, 1.82) is 0 Å². The third kappa shape index (κ3) is 5.51. The number of hydrogen-bond donors (Lipinski definition) is 2. The van der Waals surface area contributed by atoms with E-state index in [9.17, 15) is 19.5 Å². The molecule has 7 rings (SSSR count). The summed E-state index contributed by atoms with van der Waals surface area (Å²) in [5.41, 5.74) is 5.58. The van der Waals surface area contributed by atoms with Gasteiger partial charge < -0.3 is 29.2 Å². The second-order valence-corrected chi connectivity index (χ2v) is 13.5. The van der Waals surface area contributed by atoms with Crippen molar-refractivity contribution < 1.29 is 19.4 Å². The van der Waals surface area contributed by atoms with Gasteiger partial charge in [-0.2, -0.15) is 0 Å². The van der Waals surface area contributed by atoms with Crippen LogP contribution in [0.4, 0.5) is 17.3 Å². The lowest BCUT2D eigenvalue weighted by Gasteiger charge is -2.33. The molecule has 4 aromatic heterocycles. The number of pyridine rings is 3. The zero-order valence-electron chi connectivity index (χ0n) is 27.1. The number of aliphatic hydroxyl groups is 1. The first-order valence-electron chi connectivity index (χ1n) is 16.0. The van der Waals surface area contributed by atoms with Crippen LogP contribution in [0.5, 0.6) is 0 Å². The molecule has 3 aliphatic rings. The quantitative estimate of drug-likeness (QED) is 0.328. The minimum absolute atomic E-state index is 0.0230. The molecule has 1 aliphatic carbocycles. The SMILES string of the molecule is C[C@@H]1COCCN1C(=O)c1ccc(Nc2cc(-c3ccnc(N4CCn5c(cc6c5CC(C)(C)C6)C4=O)c3CO)cn(C)c2=O)nc1. The molecule has 2 amide bonds. The van der Waals surface area contributed by atoms with E-state index in [-0.39, 0.29) is 41.1 Å². The number of rotatable bonds is 6. The zero-order valence-corrected chi connectivity index (χ0v) is 27.1. The number of fused-ring (bicyclic) bond motifs is 3. The fourth-order valence-electron chi connectivity index (χ4n) is 7.13. The standard InChI is InChI=1S/C35H39N7O5/c1-21-20-47-12-11-40(21)32(44)22-5-6-30(37-17-22)38-27-13-24(18-39(4)33(27)45)25-7-8-36-31(26(25)19-43)42-10-9-41-28(34(42)46)14-23-15-35(2,3)16-29(23)41/h5-8,13-14,17-18,21,43H,9-12,15-16,19-20H2,1-4H3,(H,37,38)/t21-/m1/s1. The van der Waals surface area contributed by atoms with E-state index in [0.717, 1.165) is 12.8 Å². The number of carbonyl (C=O) groups is 2. The largest absolute Gasteiger partial charge is 0.392 e. The summed E-state index contributed by atoms with van der Waals surface area (Å²) in [6, 6.07) is 8.83. The summed E-state index contributed by atoms with van der Waals surface area (Å²) in [7, 11) is 1.65. The number of aliphatic hydroxyl groups excluding tert-OH is 1. The van der Waals surface area contributed by atoms with Crippen LogP contribution in [-0.4, -0.2) is 73.3 Å². The molecule has 4 aromatic rings. The van der Waals surface area contributed by atoms with E-state index in [0.29, 0.717) is 72.4 Å². The van der Waals surface area contributed by atoms with Gasteiger partial charge in [-0.05, 0) is 66.6 Å². The molecule has 6 heterocycles. The van der Waals surface area contributed by atoms with E-state index in [1.54, 1.807) is 53.5 Å². The molecule has 244 valence electrons. The molecule has 1 saturated heterocycles. The first-order valence-corrected chi connectivity index (χ1v) is 16.0. The van der Waals surface area contributed by atoms with Crippen LogP contribution >= 0.6 is 0 Å². The summed E-state index contributed by atoms with van der Waals surface area (Å²) in [5.74, 6) is 0.557. The maximum Gasteiger partial charge on any atom is 0.276 e. The topological polar surface area (TPSA) is 135 Å². The molecule has 1 atom stereocenters. The average Bonchev–Trinajstić information content (AvgIpc) is 3.55. The van der Waals surface area contributed by atoms with E-state index < -0.39 is 0 Å². The fourth-order valence-corrected chi connectivity index (χ4v) is 7.13. The van der Waals surface area contributed by atoms with Crippen molar-refractivity contribution in [3.05, 3.63) is 87.4 Å². The molecule has 0 radical (unpaired) electrons. The monoisotopic (exact) mass is 637 g/mol. The first kappa shape index (κ1) is 30.8. The van der Waals surface area contributed by atoms with Gasteiger partial charge in [0.15, 0.2) is 0 Å². The summed E-state index contributed by atoms with van der Waals surface area (Å²) < 4.78 is 9.05. The normalized spacial score (nSPS) is 18.7. The number of ether oxygens (including phenoxy) is 1. The zero-order chi connectivity index (χ0) is 33.0. The van der Waals surface area contributed by atoms with Gasteiger partial charge in [-0.15, -0.1) is 0 Å². The van der Waals surface area contributed by atoms with Gasteiger partial charge in [0.2, 0.25) is 0 Å². The van der Waals surface area contributed by atoms with Crippen LogP contribution in [0.2, 0.25) is 0 Å². The van der Waals surface area contributed by atoms with E-state index in [4.69, 9.17) is 4.74 Å². The Balaban J connectivity index is 1.16. The van der Waals surface area contributed by atoms with Gasteiger partial charge in [-0.25, -0.2) is 9.97 Å².